The van der Waals surface area contributed by atoms with Crippen molar-refractivity contribution in [2.24, 2.45) is 0 Å². The van der Waals surface area contributed by atoms with Gasteiger partial charge >= 0.3 is 24.3 Å². The van der Waals surface area contributed by atoms with E-state index < -0.39 is 97.7 Å². The van der Waals surface area contributed by atoms with Crippen molar-refractivity contribution in [1.82, 2.24) is 0 Å². The minimum absolute atomic E-state index is 0.455. The second-order valence-electron chi connectivity index (χ2n) is 7.41. The van der Waals surface area contributed by atoms with Crippen LogP contribution in [0.3, 0.4) is 0 Å². The molecule has 0 N–H and O–H groups in total. The normalized spacial score (nSPS) is 15.1. The summed E-state index contributed by atoms with van der Waals surface area (Å²) in [5, 5.41) is 15.2. The lowest BCUT2D eigenvalue weighted by atomic mass is 9.92. The molecular weight excluding hydrogens is 491 g/mol. The van der Waals surface area contributed by atoms with Crippen LogP contribution in [0.25, 0.3) is 20.8 Å². The number of fused-ring (bicyclic) bond motifs is 2. The summed E-state index contributed by atoms with van der Waals surface area (Å²) in [6.45, 7) is 15.0. The molecule has 0 spiro atoms. The number of benzene rings is 1. The van der Waals surface area contributed by atoms with E-state index in [1.54, 1.807) is 0 Å². The minimum Gasteiger partial charge on any atom is -0.192 e. The number of hydrogen-bond donors (Lipinski definition) is 0. The van der Waals surface area contributed by atoms with Gasteiger partial charge in [0.2, 0.25) is 0 Å². The van der Waals surface area contributed by atoms with Gasteiger partial charge in [-0.2, -0.15) is 59.7 Å². The van der Waals surface area contributed by atoms with Gasteiger partial charge in [-0.25, -0.2) is 0 Å². The van der Waals surface area contributed by atoms with Crippen LogP contribution in [-0.2, 0) is 25.2 Å². The SMILES string of the molecule is [C-]#[N+]C([N+]#[C-])=C1Cc2c(C(F)(F)F)c3c(c(C(F)(F)F)c2=C1C)CC(=C(C#N)C#N)C=3C(F)(F)F. The van der Waals surface area contributed by atoms with Gasteiger partial charge in [0.1, 0.15) is 30.9 Å². The Labute approximate surface area is 190 Å². The average Bonchev–Trinajstić information content (AvgIpc) is 3.25. The van der Waals surface area contributed by atoms with Gasteiger partial charge in [0.15, 0.2) is 0 Å². The van der Waals surface area contributed by atoms with E-state index in [2.05, 4.69) is 9.69 Å². The van der Waals surface area contributed by atoms with Crippen molar-refractivity contribution in [3.63, 3.8) is 0 Å². The van der Waals surface area contributed by atoms with Gasteiger partial charge in [0.25, 0.3) is 0 Å². The Kier molecular flexibility index (Phi) is 5.75. The molecule has 2 aliphatic rings. The first kappa shape index (κ1) is 25.4. The molecule has 0 saturated heterocycles. The van der Waals surface area contributed by atoms with E-state index in [0.717, 1.165) is 19.1 Å². The number of alkyl halides is 9. The highest BCUT2D eigenvalue weighted by Crippen LogP contribution is 2.45. The Balaban J connectivity index is 2.84. The molecule has 0 unspecified atom stereocenters. The van der Waals surface area contributed by atoms with E-state index in [1.807, 2.05) is 0 Å². The van der Waals surface area contributed by atoms with Crippen LogP contribution in [0.15, 0.2) is 22.5 Å². The number of nitrogens with zero attached hydrogens (tertiary/aromatic N) is 4. The molecule has 1 aromatic rings. The molecule has 4 nitrogen and oxygen atoms in total. The van der Waals surface area contributed by atoms with Crippen LogP contribution >= 0.6 is 0 Å². The maximum absolute atomic E-state index is 14.2. The van der Waals surface area contributed by atoms with E-state index >= 15 is 0 Å². The Morgan fingerprint density at radius 3 is 1.57 bits per heavy atom. The van der Waals surface area contributed by atoms with E-state index in [-0.39, 0.29) is 0 Å². The van der Waals surface area contributed by atoms with Gasteiger partial charge in [-0.05, 0) is 40.8 Å². The van der Waals surface area contributed by atoms with Crippen molar-refractivity contribution in [1.29, 1.82) is 10.5 Å². The lowest BCUT2D eigenvalue weighted by Crippen LogP contribution is -2.37. The fourth-order valence-corrected chi connectivity index (χ4v) is 4.49. The van der Waals surface area contributed by atoms with Crippen LogP contribution in [0, 0.1) is 35.8 Å². The van der Waals surface area contributed by atoms with Gasteiger partial charge in [-0.15, -0.1) is 0 Å². The smallest absolute Gasteiger partial charge is 0.192 e. The molecule has 35 heavy (non-hydrogen) atoms. The molecule has 178 valence electrons. The molecule has 1 aromatic carbocycles. The third-order valence-corrected chi connectivity index (χ3v) is 5.65. The summed E-state index contributed by atoms with van der Waals surface area (Å²) in [7, 11) is 0. The average molecular weight is 498 g/mol. The summed E-state index contributed by atoms with van der Waals surface area (Å²) < 4.78 is 128. The van der Waals surface area contributed by atoms with E-state index in [9.17, 15) is 39.5 Å². The van der Waals surface area contributed by atoms with Crippen molar-refractivity contribution in [3.05, 3.63) is 78.1 Å². The molecule has 0 aromatic heterocycles. The Morgan fingerprint density at radius 2 is 1.17 bits per heavy atom. The number of hydrogen-bond acceptors (Lipinski definition) is 2. The molecule has 0 radical (unpaired) electrons. The van der Waals surface area contributed by atoms with Crippen molar-refractivity contribution in [2.75, 3.05) is 0 Å². The van der Waals surface area contributed by atoms with Crippen molar-refractivity contribution in [2.45, 2.75) is 38.3 Å². The molecule has 0 fully saturated rings. The van der Waals surface area contributed by atoms with Crippen LogP contribution in [0.2, 0.25) is 0 Å². The highest BCUT2D eigenvalue weighted by molar-refractivity contribution is 5.82. The maximum Gasteiger partial charge on any atom is 0.523 e. The molecule has 0 heterocycles. The summed E-state index contributed by atoms with van der Waals surface area (Å²) in [4.78, 5) is 5.65. The third-order valence-electron chi connectivity index (χ3n) is 5.65. The second-order valence-corrected chi connectivity index (χ2v) is 7.41. The first-order valence-electron chi connectivity index (χ1n) is 9.21. The molecule has 0 amide bonds. The molecule has 0 saturated carbocycles. The topological polar surface area (TPSA) is 56.3 Å². The van der Waals surface area contributed by atoms with Gasteiger partial charge in [0, 0.05) is 11.6 Å². The van der Waals surface area contributed by atoms with Crippen LogP contribution < -0.4 is 10.4 Å². The lowest BCUT2D eigenvalue weighted by molar-refractivity contribution is -0.143. The Hall–Kier alpha value is -4.23. The fourth-order valence-electron chi connectivity index (χ4n) is 4.49. The first-order chi connectivity index (χ1) is 16.0. The highest BCUT2D eigenvalue weighted by Gasteiger charge is 2.51. The zero-order valence-corrected chi connectivity index (χ0v) is 17.1. The van der Waals surface area contributed by atoms with Crippen LogP contribution in [0.4, 0.5) is 39.5 Å². The largest absolute Gasteiger partial charge is 0.523 e. The molecule has 0 aliphatic heterocycles. The monoisotopic (exact) mass is 498 g/mol. The van der Waals surface area contributed by atoms with E-state index in [0.29, 0.717) is 0 Å². The standard InChI is InChI=1S/C22H7F9N4/c1-8-10(19(34-2)35-3)4-12-14(8)17(21(26,27)28)13-5-11(9(6-32)7-33)16(20(23,24)25)15(13)18(12)22(29,30)31/h4-5H2,1H3. The molecule has 3 rings (SSSR count). The number of nitriles is 2. The van der Waals surface area contributed by atoms with Crippen molar-refractivity contribution in [3.8, 4) is 12.1 Å². The zero-order valence-electron chi connectivity index (χ0n) is 17.1. The summed E-state index contributed by atoms with van der Waals surface area (Å²) in [5.74, 6) is -0.808. The summed E-state index contributed by atoms with van der Waals surface area (Å²) >= 11 is 0. The van der Waals surface area contributed by atoms with E-state index in [4.69, 9.17) is 23.7 Å². The van der Waals surface area contributed by atoms with Gasteiger partial charge in [0.05, 0.1) is 22.3 Å². The zero-order chi connectivity index (χ0) is 26.7. The molecule has 2 aliphatic carbocycles. The lowest BCUT2D eigenvalue weighted by Gasteiger charge is -2.19. The van der Waals surface area contributed by atoms with E-state index in [1.165, 1.54) is 0 Å². The minimum atomic E-state index is -5.65. The first-order valence-corrected chi connectivity index (χ1v) is 9.21. The van der Waals surface area contributed by atoms with Gasteiger partial charge in [-0.3, -0.25) is 0 Å². The van der Waals surface area contributed by atoms with Crippen LogP contribution in [0.1, 0.15) is 29.2 Å². The predicted molar refractivity (Wildman–Crippen MR) is 100 cm³/mol. The maximum atomic E-state index is 14.2. The molecule has 0 atom stereocenters. The van der Waals surface area contributed by atoms with Crippen molar-refractivity contribution >= 4 is 11.1 Å². The quantitative estimate of drug-likeness (QED) is 0.284. The molecule has 0 bridgehead atoms. The number of halogens is 9. The number of allylic oxidation sites excluding steroid dienone is 3. The third kappa shape index (κ3) is 3.80. The summed E-state index contributed by atoms with van der Waals surface area (Å²) in [6, 6.07) is 2.21. The second kappa shape index (κ2) is 7.92. The van der Waals surface area contributed by atoms with Crippen LogP contribution in [-0.4, -0.2) is 6.18 Å². The molecular formula is C22H7F9N4. The Bertz CT molecular complexity index is 1500. The number of rotatable bonds is 0. The van der Waals surface area contributed by atoms with Gasteiger partial charge < -0.3 is 0 Å². The Morgan fingerprint density at radius 1 is 0.743 bits per heavy atom. The fraction of sp³-hybridized carbons (Fsp3) is 0.273. The van der Waals surface area contributed by atoms with Gasteiger partial charge in [-0.1, -0.05) is 0 Å². The summed E-state index contributed by atoms with van der Waals surface area (Å²) in [6.07, 6.45) is -19.1. The van der Waals surface area contributed by atoms with Crippen molar-refractivity contribution < 1.29 is 39.5 Å². The summed E-state index contributed by atoms with van der Waals surface area (Å²) in [5.41, 5.74) is -12.0. The highest BCUT2D eigenvalue weighted by atomic mass is 19.4. The van der Waals surface area contributed by atoms with Crippen LogP contribution in [0.5, 0.6) is 0 Å². The molecule has 13 heteroatoms. The predicted octanol–water partition coefficient (Wildman–Crippen LogP) is 5.11.